The lowest BCUT2D eigenvalue weighted by Crippen LogP contribution is -2.34. The molecule has 0 bridgehead atoms. The van der Waals surface area contributed by atoms with Crippen molar-refractivity contribution in [1.29, 1.82) is 0 Å². The summed E-state index contributed by atoms with van der Waals surface area (Å²) in [5, 5.41) is 13.9. The normalized spacial score (nSPS) is 11.3. The molecule has 3 rings (SSSR count). The number of hydrogen-bond acceptors (Lipinski definition) is 4. The van der Waals surface area contributed by atoms with Crippen molar-refractivity contribution < 1.29 is 19.4 Å². The minimum Gasteiger partial charge on any atom is -0.487 e. The number of anilines is 1. The topological polar surface area (TPSA) is 88.5 Å². The molecule has 1 heterocycles. The SMILES string of the molecule is CCC(CC)(CC(=O)Nc1cccc(OCc2ccc3cc(Cl)ccc3n2)c1)C(=O)O. The van der Waals surface area contributed by atoms with Gasteiger partial charge in [-0.3, -0.25) is 9.59 Å². The number of carbonyl (C=O) groups excluding carboxylic acids is 1. The van der Waals surface area contributed by atoms with Gasteiger partial charge in [0.05, 0.1) is 16.6 Å². The van der Waals surface area contributed by atoms with Gasteiger partial charge in [0.1, 0.15) is 12.4 Å². The molecule has 3 aromatic rings. The highest BCUT2D eigenvalue weighted by Crippen LogP contribution is 2.31. The highest BCUT2D eigenvalue weighted by Gasteiger charge is 2.37. The number of hydrogen-bond donors (Lipinski definition) is 2. The van der Waals surface area contributed by atoms with Crippen molar-refractivity contribution in [2.45, 2.75) is 39.7 Å². The Bertz CT molecular complexity index is 1100. The molecule has 0 fully saturated rings. The number of aromatic nitrogens is 1. The van der Waals surface area contributed by atoms with Crippen LogP contribution in [0.3, 0.4) is 0 Å². The summed E-state index contributed by atoms with van der Waals surface area (Å²) in [6.07, 6.45) is 0.701. The van der Waals surface area contributed by atoms with Crippen LogP contribution in [-0.2, 0) is 16.2 Å². The van der Waals surface area contributed by atoms with Crippen LogP contribution in [0.5, 0.6) is 5.75 Å². The van der Waals surface area contributed by atoms with Crippen LogP contribution >= 0.6 is 11.6 Å². The number of nitrogens with one attached hydrogen (secondary N) is 1. The van der Waals surface area contributed by atoms with E-state index in [9.17, 15) is 14.7 Å². The number of fused-ring (bicyclic) bond motifs is 1. The van der Waals surface area contributed by atoms with Gasteiger partial charge in [-0.25, -0.2) is 4.98 Å². The smallest absolute Gasteiger partial charge is 0.310 e. The Morgan fingerprint density at radius 3 is 2.58 bits per heavy atom. The van der Waals surface area contributed by atoms with Crippen molar-refractivity contribution in [3.8, 4) is 5.75 Å². The van der Waals surface area contributed by atoms with Crippen LogP contribution in [0.2, 0.25) is 5.02 Å². The second kappa shape index (κ2) is 9.79. The molecule has 7 heteroatoms. The van der Waals surface area contributed by atoms with Crippen LogP contribution in [-0.4, -0.2) is 22.0 Å². The van der Waals surface area contributed by atoms with Gasteiger partial charge in [-0.2, -0.15) is 0 Å². The van der Waals surface area contributed by atoms with E-state index in [4.69, 9.17) is 16.3 Å². The average molecular weight is 441 g/mol. The molecule has 0 aliphatic carbocycles. The Hall–Kier alpha value is -3.12. The summed E-state index contributed by atoms with van der Waals surface area (Å²) >= 11 is 6.01. The monoisotopic (exact) mass is 440 g/mol. The summed E-state index contributed by atoms with van der Waals surface area (Å²) in [7, 11) is 0. The van der Waals surface area contributed by atoms with Crippen LogP contribution in [0.25, 0.3) is 10.9 Å². The highest BCUT2D eigenvalue weighted by molar-refractivity contribution is 6.31. The number of rotatable bonds is 9. The molecule has 1 aromatic heterocycles. The van der Waals surface area contributed by atoms with Crippen molar-refractivity contribution in [2.24, 2.45) is 5.41 Å². The minimum absolute atomic E-state index is 0.0779. The molecule has 0 atom stereocenters. The third kappa shape index (κ3) is 5.52. The fourth-order valence-corrected chi connectivity index (χ4v) is 3.61. The molecule has 2 N–H and O–H groups in total. The molecule has 0 aliphatic rings. The van der Waals surface area contributed by atoms with E-state index in [0.717, 1.165) is 16.6 Å². The van der Waals surface area contributed by atoms with Crippen molar-refractivity contribution >= 4 is 40.1 Å². The maximum absolute atomic E-state index is 12.5. The number of ether oxygens (including phenoxy) is 1. The average Bonchev–Trinajstić information content (AvgIpc) is 2.76. The first-order valence-corrected chi connectivity index (χ1v) is 10.5. The highest BCUT2D eigenvalue weighted by atomic mass is 35.5. The zero-order valence-corrected chi connectivity index (χ0v) is 18.3. The number of pyridine rings is 1. The van der Waals surface area contributed by atoms with E-state index in [-0.39, 0.29) is 18.9 Å². The van der Waals surface area contributed by atoms with Gasteiger partial charge in [0.25, 0.3) is 0 Å². The molecule has 0 saturated carbocycles. The fraction of sp³-hybridized carbons (Fsp3) is 0.292. The van der Waals surface area contributed by atoms with E-state index in [1.165, 1.54) is 0 Å². The van der Waals surface area contributed by atoms with Gasteiger partial charge < -0.3 is 15.2 Å². The summed E-state index contributed by atoms with van der Waals surface area (Å²) in [6.45, 7) is 3.84. The molecule has 2 aromatic carbocycles. The van der Waals surface area contributed by atoms with Crippen molar-refractivity contribution in [2.75, 3.05) is 5.32 Å². The predicted molar refractivity (Wildman–Crippen MR) is 121 cm³/mol. The van der Waals surface area contributed by atoms with E-state index in [0.29, 0.717) is 29.3 Å². The first-order valence-electron chi connectivity index (χ1n) is 10.2. The predicted octanol–water partition coefficient (Wildman–Crippen LogP) is 5.69. The first kappa shape index (κ1) is 22.6. The lowest BCUT2D eigenvalue weighted by Gasteiger charge is -2.25. The van der Waals surface area contributed by atoms with E-state index < -0.39 is 11.4 Å². The Labute approximate surface area is 186 Å². The quantitative estimate of drug-likeness (QED) is 0.446. The largest absolute Gasteiger partial charge is 0.487 e. The number of carboxylic acid groups (broad SMARTS) is 1. The molecule has 0 unspecified atom stereocenters. The second-order valence-electron chi connectivity index (χ2n) is 7.47. The van der Waals surface area contributed by atoms with Gasteiger partial charge >= 0.3 is 5.97 Å². The number of benzene rings is 2. The van der Waals surface area contributed by atoms with Gasteiger partial charge in [-0.1, -0.05) is 37.6 Å². The second-order valence-corrected chi connectivity index (χ2v) is 7.91. The lowest BCUT2D eigenvalue weighted by molar-refractivity contribution is -0.151. The van der Waals surface area contributed by atoms with Crippen LogP contribution in [0.15, 0.2) is 54.6 Å². The summed E-state index contributed by atoms with van der Waals surface area (Å²) in [6, 6.07) is 16.3. The third-order valence-electron chi connectivity index (χ3n) is 5.52. The maximum atomic E-state index is 12.5. The fourth-order valence-electron chi connectivity index (χ4n) is 3.43. The lowest BCUT2D eigenvalue weighted by atomic mass is 9.79. The summed E-state index contributed by atoms with van der Waals surface area (Å²) in [4.78, 5) is 28.7. The number of carbonyl (C=O) groups is 2. The van der Waals surface area contributed by atoms with Crippen molar-refractivity contribution in [3.63, 3.8) is 0 Å². The van der Waals surface area contributed by atoms with Gasteiger partial charge in [-0.05, 0) is 49.2 Å². The van der Waals surface area contributed by atoms with E-state index in [2.05, 4.69) is 10.3 Å². The molecular weight excluding hydrogens is 416 g/mol. The van der Waals surface area contributed by atoms with Crippen molar-refractivity contribution in [3.05, 3.63) is 65.3 Å². The van der Waals surface area contributed by atoms with E-state index in [1.54, 1.807) is 44.2 Å². The van der Waals surface area contributed by atoms with Crippen LogP contribution in [0, 0.1) is 5.41 Å². The van der Waals surface area contributed by atoms with Crippen LogP contribution in [0.4, 0.5) is 5.69 Å². The molecule has 0 radical (unpaired) electrons. The maximum Gasteiger partial charge on any atom is 0.310 e. The number of amides is 1. The molecule has 162 valence electrons. The van der Waals surface area contributed by atoms with Gasteiger partial charge in [0.2, 0.25) is 5.91 Å². The minimum atomic E-state index is -1.05. The molecule has 0 saturated heterocycles. The zero-order valence-electron chi connectivity index (χ0n) is 17.5. The summed E-state index contributed by atoms with van der Waals surface area (Å²) in [5.41, 5.74) is 1.10. The molecule has 6 nitrogen and oxygen atoms in total. The Morgan fingerprint density at radius 1 is 1.10 bits per heavy atom. The standard InChI is InChI=1S/C24H25ClN2O4/c1-3-24(4-2,23(29)30)14-22(28)27-18-6-5-7-20(13-18)31-15-19-10-8-16-12-17(25)9-11-21(16)26-19/h5-13H,3-4,14-15H2,1-2H3,(H,27,28)(H,29,30). The summed E-state index contributed by atoms with van der Waals surface area (Å²) < 4.78 is 5.83. The Balaban J connectivity index is 1.64. The third-order valence-corrected chi connectivity index (χ3v) is 5.75. The van der Waals surface area contributed by atoms with Crippen molar-refractivity contribution in [1.82, 2.24) is 4.98 Å². The first-order chi connectivity index (χ1) is 14.8. The Morgan fingerprint density at radius 2 is 1.87 bits per heavy atom. The number of halogens is 1. The van der Waals surface area contributed by atoms with E-state index >= 15 is 0 Å². The molecule has 0 aliphatic heterocycles. The molecular formula is C24H25ClN2O4. The van der Waals surface area contributed by atoms with Gasteiger partial charge in [-0.15, -0.1) is 0 Å². The van der Waals surface area contributed by atoms with Gasteiger partial charge in [0.15, 0.2) is 0 Å². The summed E-state index contributed by atoms with van der Waals surface area (Å²) in [5.74, 6) is -0.709. The van der Waals surface area contributed by atoms with E-state index in [1.807, 2.05) is 24.3 Å². The zero-order chi connectivity index (χ0) is 22.4. The Kier molecular flexibility index (Phi) is 7.13. The van der Waals surface area contributed by atoms with Crippen LogP contribution < -0.4 is 10.1 Å². The molecule has 31 heavy (non-hydrogen) atoms. The number of carboxylic acids is 1. The number of nitrogens with zero attached hydrogens (tertiary/aromatic N) is 1. The molecule has 1 amide bonds. The molecule has 0 spiro atoms. The van der Waals surface area contributed by atoms with Crippen LogP contribution in [0.1, 0.15) is 38.8 Å². The van der Waals surface area contributed by atoms with Gasteiger partial charge in [0, 0.05) is 28.6 Å². The number of aliphatic carboxylic acids is 1.